The molecule has 3 amide bonds. The first-order valence-electron chi connectivity index (χ1n) is 7.35. The highest BCUT2D eigenvalue weighted by atomic mass is 16.6. The van der Waals surface area contributed by atoms with Crippen LogP contribution in [-0.2, 0) is 9.53 Å². The van der Waals surface area contributed by atoms with Crippen molar-refractivity contribution >= 4 is 17.9 Å². The van der Waals surface area contributed by atoms with Crippen molar-refractivity contribution in [1.29, 1.82) is 0 Å². The maximum absolute atomic E-state index is 11.7. The maximum Gasteiger partial charge on any atom is 0.408 e. The Labute approximate surface area is 135 Å². The van der Waals surface area contributed by atoms with Crippen LogP contribution in [0.15, 0.2) is 30.3 Å². The largest absolute Gasteiger partial charge is 0.444 e. The number of alkyl carbamates (subject to hydrolysis) is 1. The van der Waals surface area contributed by atoms with Gasteiger partial charge in [0.25, 0.3) is 5.91 Å². The lowest BCUT2D eigenvalue weighted by atomic mass is 10.2. The fourth-order valence-electron chi connectivity index (χ4n) is 1.60. The molecule has 7 heteroatoms. The van der Waals surface area contributed by atoms with Crippen LogP contribution in [-0.4, -0.2) is 43.1 Å². The number of carbonyl (C=O) groups excluding carboxylic acids is 3. The van der Waals surface area contributed by atoms with Gasteiger partial charge in [0.15, 0.2) is 0 Å². The summed E-state index contributed by atoms with van der Waals surface area (Å²) in [6.45, 7) is 5.60. The minimum absolute atomic E-state index is 0.179. The summed E-state index contributed by atoms with van der Waals surface area (Å²) in [7, 11) is 0. The smallest absolute Gasteiger partial charge is 0.408 e. The van der Waals surface area contributed by atoms with Crippen molar-refractivity contribution in [3.63, 3.8) is 0 Å². The molecule has 1 rings (SSSR count). The van der Waals surface area contributed by atoms with Crippen molar-refractivity contribution in [2.24, 2.45) is 0 Å². The van der Waals surface area contributed by atoms with E-state index in [0.717, 1.165) is 0 Å². The van der Waals surface area contributed by atoms with Gasteiger partial charge < -0.3 is 20.7 Å². The molecule has 3 N–H and O–H groups in total. The van der Waals surface area contributed by atoms with E-state index in [-0.39, 0.29) is 24.9 Å². The number of nitrogens with one attached hydrogen (secondary N) is 3. The average Bonchev–Trinajstić information content (AvgIpc) is 2.48. The Morgan fingerprint density at radius 2 is 1.57 bits per heavy atom. The molecule has 0 fully saturated rings. The van der Waals surface area contributed by atoms with Gasteiger partial charge in [-0.1, -0.05) is 18.2 Å². The molecule has 0 unspecified atom stereocenters. The number of ether oxygens (including phenoxy) is 1. The van der Waals surface area contributed by atoms with Crippen LogP contribution in [0.5, 0.6) is 0 Å². The second-order valence-electron chi connectivity index (χ2n) is 5.83. The molecule has 0 aliphatic carbocycles. The van der Waals surface area contributed by atoms with E-state index in [4.69, 9.17) is 4.74 Å². The van der Waals surface area contributed by atoms with Gasteiger partial charge in [0.2, 0.25) is 5.91 Å². The number of rotatable bonds is 6. The topological polar surface area (TPSA) is 96.5 Å². The fraction of sp³-hybridized carbons (Fsp3) is 0.438. The molecule has 1 aromatic rings. The number of hydrogen-bond acceptors (Lipinski definition) is 4. The summed E-state index contributed by atoms with van der Waals surface area (Å²) in [4.78, 5) is 34.6. The molecule has 126 valence electrons. The summed E-state index contributed by atoms with van der Waals surface area (Å²) in [6, 6.07) is 8.80. The van der Waals surface area contributed by atoms with Crippen LogP contribution >= 0.6 is 0 Å². The first-order valence-corrected chi connectivity index (χ1v) is 7.35. The van der Waals surface area contributed by atoms with Crippen molar-refractivity contribution in [2.75, 3.05) is 19.6 Å². The Balaban J connectivity index is 2.15. The molecule has 0 aliphatic rings. The molecule has 0 atom stereocenters. The lowest BCUT2D eigenvalue weighted by molar-refractivity contribution is -0.120. The number of hydrogen-bond donors (Lipinski definition) is 3. The zero-order chi connectivity index (χ0) is 17.3. The fourth-order valence-corrected chi connectivity index (χ4v) is 1.60. The van der Waals surface area contributed by atoms with Gasteiger partial charge in [-0.2, -0.15) is 0 Å². The van der Waals surface area contributed by atoms with Gasteiger partial charge >= 0.3 is 6.09 Å². The third kappa shape index (κ3) is 8.45. The molecule has 0 heterocycles. The van der Waals surface area contributed by atoms with Crippen LogP contribution in [0.1, 0.15) is 31.1 Å². The summed E-state index contributed by atoms with van der Waals surface area (Å²) in [5.41, 5.74) is -0.0483. The second kappa shape index (κ2) is 8.77. The second-order valence-corrected chi connectivity index (χ2v) is 5.83. The van der Waals surface area contributed by atoms with Crippen LogP contribution in [0, 0.1) is 0 Å². The normalized spacial score (nSPS) is 10.6. The Hall–Kier alpha value is -2.57. The van der Waals surface area contributed by atoms with E-state index >= 15 is 0 Å². The molecule has 0 spiro atoms. The monoisotopic (exact) mass is 321 g/mol. The molecule has 0 saturated heterocycles. The van der Waals surface area contributed by atoms with Crippen molar-refractivity contribution in [1.82, 2.24) is 16.0 Å². The van der Waals surface area contributed by atoms with Crippen molar-refractivity contribution < 1.29 is 19.1 Å². The molecule has 1 aromatic carbocycles. The molecule has 0 aliphatic heterocycles. The highest BCUT2D eigenvalue weighted by Crippen LogP contribution is 2.05. The summed E-state index contributed by atoms with van der Waals surface area (Å²) in [5.74, 6) is -0.559. The zero-order valence-corrected chi connectivity index (χ0v) is 13.6. The quantitative estimate of drug-likeness (QED) is 0.683. The molecular formula is C16H23N3O4. The van der Waals surface area contributed by atoms with E-state index in [9.17, 15) is 14.4 Å². The Bertz CT molecular complexity index is 538. The minimum atomic E-state index is -0.648. The molecule has 0 saturated carbocycles. The lowest BCUT2D eigenvalue weighted by Crippen LogP contribution is -2.42. The SMILES string of the molecule is CC(C)(C)OC(=O)NCC(=O)NCCNC(=O)c1ccccc1. The first kappa shape index (κ1) is 18.5. The van der Waals surface area contributed by atoms with Gasteiger partial charge in [0.1, 0.15) is 5.60 Å². The van der Waals surface area contributed by atoms with Gasteiger partial charge in [-0.05, 0) is 32.9 Å². The molecule has 0 aromatic heterocycles. The Morgan fingerprint density at radius 3 is 2.17 bits per heavy atom. The van der Waals surface area contributed by atoms with Crippen LogP contribution in [0.25, 0.3) is 0 Å². The summed E-state index contributed by atoms with van der Waals surface area (Å²) in [6.07, 6.45) is -0.648. The van der Waals surface area contributed by atoms with Crippen molar-refractivity contribution in [3.05, 3.63) is 35.9 Å². The van der Waals surface area contributed by atoms with Crippen LogP contribution in [0.3, 0.4) is 0 Å². The van der Waals surface area contributed by atoms with Gasteiger partial charge in [0.05, 0.1) is 6.54 Å². The average molecular weight is 321 g/mol. The zero-order valence-electron chi connectivity index (χ0n) is 13.6. The minimum Gasteiger partial charge on any atom is -0.444 e. The predicted molar refractivity (Wildman–Crippen MR) is 86.0 cm³/mol. The van der Waals surface area contributed by atoms with Crippen LogP contribution < -0.4 is 16.0 Å². The Morgan fingerprint density at radius 1 is 0.957 bits per heavy atom. The number of benzene rings is 1. The molecule has 0 radical (unpaired) electrons. The highest BCUT2D eigenvalue weighted by Gasteiger charge is 2.16. The van der Waals surface area contributed by atoms with Crippen molar-refractivity contribution in [3.8, 4) is 0 Å². The summed E-state index contributed by atoms with van der Waals surface area (Å²) < 4.78 is 5.01. The van der Waals surface area contributed by atoms with Gasteiger partial charge in [-0.15, -0.1) is 0 Å². The van der Waals surface area contributed by atoms with Crippen LogP contribution in [0.2, 0.25) is 0 Å². The van der Waals surface area contributed by atoms with Gasteiger partial charge in [0, 0.05) is 18.7 Å². The third-order valence-corrected chi connectivity index (χ3v) is 2.56. The highest BCUT2D eigenvalue weighted by molar-refractivity contribution is 5.94. The number of carbonyl (C=O) groups is 3. The van der Waals surface area contributed by atoms with Crippen LogP contribution in [0.4, 0.5) is 4.79 Å². The van der Waals surface area contributed by atoms with E-state index in [1.807, 2.05) is 6.07 Å². The Kier molecular flexibility index (Phi) is 7.05. The molecular weight excluding hydrogens is 298 g/mol. The van der Waals surface area contributed by atoms with Gasteiger partial charge in [-0.3, -0.25) is 9.59 Å². The molecule has 7 nitrogen and oxygen atoms in total. The van der Waals surface area contributed by atoms with Crippen molar-refractivity contribution in [2.45, 2.75) is 26.4 Å². The third-order valence-electron chi connectivity index (χ3n) is 2.56. The lowest BCUT2D eigenvalue weighted by Gasteiger charge is -2.19. The summed E-state index contributed by atoms with van der Waals surface area (Å²) >= 11 is 0. The first-order chi connectivity index (χ1) is 10.8. The standard InChI is InChI=1S/C16H23N3O4/c1-16(2,3)23-15(22)19-11-13(20)17-9-10-18-14(21)12-7-5-4-6-8-12/h4-8H,9-11H2,1-3H3,(H,17,20)(H,18,21)(H,19,22). The number of amides is 3. The summed E-state index contributed by atoms with van der Waals surface area (Å²) in [5, 5.41) is 7.62. The molecule has 0 bridgehead atoms. The van der Waals surface area contributed by atoms with Gasteiger partial charge in [-0.25, -0.2) is 4.79 Å². The molecule has 23 heavy (non-hydrogen) atoms. The van der Waals surface area contributed by atoms with E-state index in [2.05, 4.69) is 16.0 Å². The van der Waals surface area contributed by atoms with E-state index in [0.29, 0.717) is 12.1 Å². The van der Waals surface area contributed by atoms with E-state index in [1.54, 1.807) is 45.0 Å². The van der Waals surface area contributed by atoms with E-state index < -0.39 is 11.7 Å². The van der Waals surface area contributed by atoms with E-state index in [1.165, 1.54) is 0 Å². The maximum atomic E-state index is 11.7. The predicted octanol–water partition coefficient (Wildman–Crippen LogP) is 1.06.